The van der Waals surface area contributed by atoms with Crippen LogP contribution in [0.3, 0.4) is 0 Å². The summed E-state index contributed by atoms with van der Waals surface area (Å²) in [4.78, 5) is 14.3. The monoisotopic (exact) mass is 623 g/mol. The van der Waals surface area contributed by atoms with Crippen LogP contribution in [0.2, 0.25) is 0 Å². The number of fused-ring (bicyclic) bond motifs is 5. The fourth-order valence-electron chi connectivity index (χ4n) is 8.10. The molecule has 4 atom stereocenters. The molecule has 236 valence electrons. The first-order chi connectivity index (χ1) is 22.3. The SMILES string of the molecule is C#Cc1c(F)ccc2cc(O)cc(-c3c(C)cc4c(N5CC6CCC(C5)N6)nc(OCC5(CN6C[C@H]7OCC76)CC5)nc4c3F)c12. The smallest absolute Gasteiger partial charge is 0.319 e. The summed E-state index contributed by atoms with van der Waals surface area (Å²) in [6.07, 6.45) is 10.5. The number of morpholine rings is 1. The average Bonchev–Trinajstić information content (AvgIpc) is 3.72. The molecule has 46 heavy (non-hydrogen) atoms. The summed E-state index contributed by atoms with van der Waals surface area (Å²) in [5, 5.41) is 15.8. The lowest BCUT2D eigenvalue weighted by molar-refractivity contribution is -0.218. The number of halogens is 2. The van der Waals surface area contributed by atoms with Gasteiger partial charge in [0.1, 0.15) is 22.9 Å². The van der Waals surface area contributed by atoms with Crippen LogP contribution in [0.1, 0.15) is 36.8 Å². The molecule has 10 heteroatoms. The van der Waals surface area contributed by atoms with Crippen molar-refractivity contribution < 1.29 is 23.4 Å². The van der Waals surface area contributed by atoms with Gasteiger partial charge in [-0.25, -0.2) is 8.78 Å². The van der Waals surface area contributed by atoms with E-state index in [0.29, 0.717) is 63.9 Å². The highest BCUT2D eigenvalue weighted by Crippen LogP contribution is 2.49. The minimum atomic E-state index is -0.585. The molecule has 1 aromatic heterocycles. The van der Waals surface area contributed by atoms with Crippen LogP contribution in [0.4, 0.5) is 14.6 Å². The van der Waals surface area contributed by atoms with Gasteiger partial charge in [-0.05, 0) is 73.4 Å². The van der Waals surface area contributed by atoms with Gasteiger partial charge in [-0.1, -0.05) is 12.0 Å². The zero-order valence-corrected chi connectivity index (χ0v) is 25.7. The Balaban J connectivity index is 1.16. The molecule has 2 bridgehead atoms. The molecule has 9 rings (SSSR count). The molecule has 2 N–H and O–H groups in total. The first kappa shape index (κ1) is 28.2. The van der Waals surface area contributed by atoms with Crippen LogP contribution in [0, 0.1) is 36.3 Å². The molecule has 4 aromatic rings. The van der Waals surface area contributed by atoms with Gasteiger partial charge in [-0.15, -0.1) is 6.42 Å². The predicted molar refractivity (Wildman–Crippen MR) is 171 cm³/mol. The van der Waals surface area contributed by atoms with E-state index in [9.17, 15) is 9.50 Å². The van der Waals surface area contributed by atoms with E-state index in [0.717, 1.165) is 58.5 Å². The normalized spacial score (nSPS) is 26.0. The number of benzene rings is 3. The van der Waals surface area contributed by atoms with Crippen molar-refractivity contribution in [3.05, 3.63) is 53.1 Å². The first-order valence-electron chi connectivity index (χ1n) is 16.2. The van der Waals surface area contributed by atoms with Gasteiger partial charge in [0, 0.05) is 60.0 Å². The number of aromatic hydroxyl groups is 1. The number of likely N-dealkylation sites (tertiary alicyclic amines) is 1. The second-order valence-electron chi connectivity index (χ2n) is 14.0. The van der Waals surface area contributed by atoms with Crippen LogP contribution in [-0.2, 0) is 4.74 Å². The number of anilines is 1. The first-order valence-corrected chi connectivity index (χ1v) is 16.2. The van der Waals surface area contributed by atoms with Crippen molar-refractivity contribution >= 4 is 27.5 Å². The molecule has 0 spiro atoms. The lowest BCUT2D eigenvalue weighted by Crippen LogP contribution is -2.71. The van der Waals surface area contributed by atoms with Crippen LogP contribution in [-0.4, -0.2) is 83.6 Å². The fraction of sp³-hybridized carbons (Fsp3) is 0.444. The molecule has 8 nitrogen and oxygen atoms in total. The topological polar surface area (TPSA) is 83.0 Å². The van der Waals surface area contributed by atoms with Gasteiger partial charge in [0.05, 0.1) is 30.9 Å². The van der Waals surface area contributed by atoms with Gasteiger partial charge in [-0.3, -0.25) is 4.90 Å². The maximum Gasteiger partial charge on any atom is 0.319 e. The molecule has 1 saturated carbocycles. The van der Waals surface area contributed by atoms with Crippen molar-refractivity contribution in [2.75, 3.05) is 44.3 Å². The van der Waals surface area contributed by atoms with Crippen LogP contribution in [0.5, 0.6) is 11.8 Å². The number of hydrogen-bond acceptors (Lipinski definition) is 8. The van der Waals surface area contributed by atoms with E-state index < -0.39 is 11.6 Å². The Bertz CT molecular complexity index is 1960. The Morgan fingerprint density at radius 3 is 2.61 bits per heavy atom. The van der Waals surface area contributed by atoms with Gasteiger partial charge in [-0.2, -0.15) is 9.97 Å². The second-order valence-corrected chi connectivity index (χ2v) is 14.0. The minimum Gasteiger partial charge on any atom is -0.508 e. The molecule has 1 aliphatic carbocycles. The average molecular weight is 624 g/mol. The Kier molecular flexibility index (Phi) is 6.27. The molecule has 0 radical (unpaired) electrons. The van der Waals surface area contributed by atoms with Crippen molar-refractivity contribution in [1.29, 1.82) is 0 Å². The molecule has 5 fully saturated rings. The summed E-state index contributed by atoms with van der Waals surface area (Å²) in [7, 11) is 0. The molecule has 3 aromatic carbocycles. The van der Waals surface area contributed by atoms with Crippen molar-refractivity contribution in [1.82, 2.24) is 20.2 Å². The van der Waals surface area contributed by atoms with E-state index in [1.807, 2.05) is 13.0 Å². The summed E-state index contributed by atoms with van der Waals surface area (Å²) in [5.74, 6) is 1.86. The molecule has 0 amide bonds. The lowest BCUT2D eigenvalue weighted by atomic mass is 9.90. The third-order valence-electron chi connectivity index (χ3n) is 10.9. The predicted octanol–water partition coefficient (Wildman–Crippen LogP) is 4.91. The Morgan fingerprint density at radius 1 is 1.13 bits per heavy atom. The Morgan fingerprint density at radius 2 is 1.93 bits per heavy atom. The van der Waals surface area contributed by atoms with E-state index >= 15 is 4.39 Å². The molecule has 4 saturated heterocycles. The number of ether oxygens (including phenoxy) is 2. The highest BCUT2D eigenvalue weighted by Gasteiger charge is 2.53. The van der Waals surface area contributed by atoms with Crippen LogP contribution in [0.25, 0.3) is 32.8 Å². The highest BCUT2D eigenvalue weighted by molar-refractivity contribution is 6.05. The summed E-state index contributed by atoms with van der Waals surface area (Å²) in [6.45, 7) is 6.51. The zero-order chi connectivity index (χ0) is 31.3. The number of aromatic nitrogens is 2. The molecule has 5 heterocycles. The summed E-state index contributed by atoms with van der Waals surface area (Å²) < 4.78 is 44.0. The second kappa shape index (κ2) is 10.2. The summed E-state index contributed by atoms with van der Waals surface area (Å²) >= 11 is 0. The van der Waals surface area contributed by atoms with Gasteiger partial charge < -0.3 is 24.8 Å². The minimum absolute atomic E-state index is 0.0202. The van der Waals surface area contributed by atoms with Gasteiger partial charge in [0.15, 0.2) is 5.82 Å². The van der Waals surface area contributed by atoms with Crippen molar-refractivity contribution in [3.8, 4) is 35.2 Å². The van der Waals surface area contributed by atoms with Crippen molar-refractivity contribution in [2.45, 2.75) is 56.8 Å². The molecule has 5 aliphatic rings. The Labute approximate surface area is 265 Å². The highest BCUT2D eigenvalue weighted by atomic mass is 19.1. The summed E-state index contributed by atoms with van der Waals surface area (Å²) in [5.41, 5.74) is 1.31. The van der Waals surface area contributed by atoms with Gasteiger partial charge >= 0.3 is 6.01 Å². The maximum atomic E-state index is 17.1. The number of piperazine rings is 1. The molecular formula is C36H35F2N5O3. The molecule has 3 unspecified atom stereocenters. The Hall–Kier alpha value is -4.04. The van der Waals surface area contributed by atoms with Crippen LogP contribution >= 0.6 is 0 Å². The zero-order valence-electron chi connectivity index (χ0n) is 25.7. The molecule has 4 aliphatic heterocycles. The van der Waals surface area contributed by atoms with E-state index in [2.05, 4.69) is 21.0 Å². The largest absolute Gasteiger partial charge is 0.508 e. The number of phenolic OH excluding ortho intramolecular Hbond substituents is 1. The molecular weight excluding hydrogens is 588 g/mol. The number of rotatable bonds is 7. The number of hydrogen-bond donors (Lipinski definition) is 2. The number of terminal acetylenes is 1. The quantitative estimate of drug-likeness (QED) is 0.282. The van der Waals surface area contributed by atoms with E-state index in [1.54, 1.807) is 6.07 Å². The van der Waals surface area contributed by atoms with Crippen LogP contribution in [0.15, 0.2) is 30.3 Å². The number of nitrogens with zero attached hydrogens (tertiary/aromatic N) is 4. The third kappa shape index (κ3) is 4.43. The standard InChI is InChI=1S/C36H35F2N5O3/c1-3-24-27(37)7-4-20-11-23(44)12-25(31(20)24)30-19(2)10-26-33(32(30)38)40-35(41-34(26)42-13-21-5-6-22(14-42)39-21)46-18-36(8-9-36)17-43-15-29-28(43)16-45-29/h1,4,7,10-12,21-22,28-29,39,44H,5-6,8-9,13-18H2,2H3/t21?,22?,28?,29-/m1/s1. The van der Waals surface area contributed by atoms with Gasteiger partial charge in [0.2, 0.25) is 0 Å². The van der Waals surface area contributed by atoms with E-state index in [-0.39, 0.29) is 33.8 Å². The van der Waals surface area contributed by atoms with Crippen molar-refractivity contribution in [2.24, 2.45) is 5.41 Å². The van der Waals surface area contributed by atoms with E-state index in [1.165, 1.54) is 18.2 Å². The number of phenols is 1. The van der Waals surface area contributed by atoms with Crippen LogP contribution < -0.4 is 15.0 Å². The number of aryl methyl sites for hydroxylation is 1. The fourth-order valence-corrected chi connectivity index (χ4v) is 8.10. The van der Waals surface area contributed by atoms with Gasteiger partial charge in [0.25, 0.3) is 0 Å². The number of nitrogens with one attached hydrogen (secondary N) is 1. The third-order valence-corrected chi connectivity index (χ3v) is 10.9. The summed E-state index contributed by atoms with van der Waals surface area (Å²) in [6, 6.07) is 9.02. The van der Waals surface area contributed by atoms with Crippen molar-refractivity contribution in [3.63, 3.8) is 0 Å². The maximum absolute atomic E-state index is 17.1. The lowest BCUT2D eigenvalue weighted by Gasteiger charge is -2.55. The van der Waals surface area contributed by atoms with E-state index in [4.69, 9.17) is 25.9 Å².